The van der Waals surface area contributed by atoms with Gasteiger partial charge in [-0.1, -0.05) is 18.2 Å². The lowest BCUT2D eigenvalue weighted by atomic mass is 9.93. The minimum atomic E-state index is -2.82. The molecule has 2 aromatic rings. The van der Waals surface area contributed by atoms with E-state index >= 15 is 0 Å². The van der Waals surface area contributed by atoms with Crippen molar-refractivity contribution in [1.29, 1.82) is 0 Å². The first-order valence-corrected chi connectivity index (χ1v) is 7.09. The molecule has 22 heavy (non-hydrogen) atoms. The summed E-state index contributed by atoms with van der Waals surface area (Å²) >= 11 is 0. The number of carbonyl (C=O) groups excluding carboxylic acids is 1. The van der Waals surface area contributed by atoms with Gasteiger partial charge >= 0.3 is 6.61 Å². The second-order valence-electron chi connectivity index (χ2n) is 5.25. The van der Waals surface area contributed by atoms with Crippen molar-refractivity contribution in [2.45, 2.75) is 27.4 Å². The number of nitrogens with one attached hydrogen (secondary N) is 1. The molecule has 0 spiro atoms. The summed E-state index contributed by atoms with van der Waals surface area (Å²) in [5.74, 6) is -0.283. The van der Waals surface area contributed by atoms with Crippen molar-refractivity contribution >= 4 is 16.7 Å². The third-order valence-electron chi connectivity index (χ3n) is 3.76. The van der Waals surface area contributed by atoms with E-state index in [0.29, 0.717) is 5.56 Å². The minimum Gasteiger partial charge on any atom is -0.350 e. The Kier molecular flexibility index (Phi) is 5.08. The monoisotopic (exact) mass is 307 g/mol. The molecule has 0 aromatic heterocycles. The summed E-state index contributed by atoms with van der Waals surface area (Å²) in [7, 11) is 0. The molecular weight excluding hydrogens is 288 g/mol. The highest BCUT2D eigenvalue weighted by atomic mass is 19.3. The predicted octanol–water partition coefficient (Wildman–Crippen LogP) is 3.73. The second-order valence-corrected chi connectivity index (χ2v) is 5.25. The Bertz CT molecular complexity index is 699. The minimum absolute atomic E-state index is 0.0451. The molecule has 0 aliphatic carbocycles. The number of hydrogen-bond donors (Lipinski definition) is 1. The first kappa shape index (κ1) is 16.4. The fourth-order valence-electron chi connectivity index (χ4n) is 2.60. The fourth-order valence-corrected chi connectivity index (χ4v) is 2.60. The van der Waals surface area contributed by atoms with Crippen LogP contribution >= 0.6 is 0 Å². The molecule has 0 saturated carbocycles. The van der Waals surface area contributed by atoms with Gasteiger partial charge in [-0.15, -0.1) is 0 Å². The van der Waals surface area contributed by atoms with Gasteiger partial charge in [0.2, 0.25) is 0 Å². The van der Waals surface area contributed by atoms with Gasteiger partial charge in [0.05, 0.1) is 6.61 Å². The Morgan fingerprint density at radius 2 is 1.95 bits per heavy atom. The summed E-state index contributed by atoms with van der Waals surface area (Å²) in [5.41, 5.74) is 3.88. The van der Waals surface area contributed by atoms with Crippen molar-refractivity contribution in [3.63, 3.8) is 0 Å². The lowest BCUT2D eigenvalue weighted by Crippen LogP contribution is -2.28. The molecule has 0 fully saturated rings. The van der Waals surface area contributed by atoms with Crippen LogP contribution in [-0.2, 0) is 4.74 Å². The van der Waals surface area contributed by atoms with E-state index in [0.717, 1.165) is 21.9 Å². The summed E-state index contributed by atoms with van der Waals surface area (Å²) in [5, 5.41) is 4.55. The Morgan fingerprint density at radius 1 is 1.23 bits per heavy atom. The standard InChI is InChI=1S/C17H19F2NO2/c1-10-9-11(2)15-13(12(10)3)5-4-6-14(15)16(21)20-7-8-22-17(18)19/h4-6,9,17H,7-8H2,1-3H3,(H,20,21). The van der Waals surface area contributed by atoms with E-state index in [9.17, 15) is 13.6 Å². The average Bonchev–Trinajstić information content (AvgIpc) is 2.48. The number of rotatable bonds is 5. The number of amides is 1. The van der Waals surface area contributed by atoms with Crippen LogP contribution in [0.15, 0.2) is 24.3 Å². The summed E-state index contributed by atoms with van der Waals surface area (Å²) in [6, 6.07) is 7.61. The average molecular weight is 307 g/mol. The van der Waals surface area contributed by atoms with Crippen LogP contribution in [0.2, 0.25) is 0 Å². The zero-order valence-corrected chi connectivity index (χ0v) is 12.9. The topological polar surface area (TPSA) is 38.3 Å². The van der Waals surface area contributed by atoms with E-state index in [1.54, 1.807) is 6.07 Å². The fraction of sp³-hybridized carbons (Fsp3) is 0.353. The number of alkyl halides is 2. The highest BCUT2D eigenvalue weighted by molar-refractivity contribution is 6.09. The van der Waals surface area contributed by atoms with Crippen LogP contribution in [0.3, 0.4) is 0 Å². The van der Waals surface area contributed by atoms with Crippen LogP contribution < -0.4 is 5.32 Å². The molecule has 0 heterocycles. The number of hydrogen-bond acceptors (Lipinski definition) is 2. The molecule has 1 N–H and O–H groups in total. The van der Waals surface area contributed by atoms with Crippen molar-refractivity contribution in [3.05, 3.63) is 46.5 Å². The molecule has 0 aliphatic heterocycles. The van der Waals surface area contributed by atoms with Gasteiger partial charge in [0.15, 0.2) is 0 Å². The molecule has 2 rings (SSSR count). The number of fused-ring (bicyclic) bond motifs is 1. The third-order valence-corrected chi connectivity index (χ3v) is 3.76. The number of carbonyl (C=O) groups is 1. The van der Waals surface area contributed by atoms with Gasteiger partial charge in [0.25, 0.3) is 5.91 Å². The highest BCUT2D eigenvalue weighted by Gasteiger charge is 2.14. The van der Waals surface area contributed by atoms with E-state index in [1.165, 1.54) is 5.56 Å². The molecule has 0 unspecified atom stereocenters. The molecule has 1 amide bonds. The summed E-state index contributed by atoms with van der Waals surface area (Å²) in [4.78, 5) is 12.3. The van der Waals surface area contributed by atoms with Crippen molar-refractivity contribution in [2.24, 2.45) is 0 Å². The quantitative estimate of drug-likeness (QED) is 0.855. The second kappa shape index (κ2) is 6.83. The zero-order valence-electron chi connectivity index (χ0n) is 12.9. The lowest BCUT2D eigenvalue weighted by molar-refractivity contribution is -0.126. The van der Waals surface area contributed by atoms with Crippen LogP contribution in [0, 0.1) is 20.8 Å². The zero-order chi connectivity index (χ0) is 16.3. The number of ether oxygens (including phenoxy) is 1. The number of benzene rings is 2. The van der Waals surface area contributed by atoms with Crippen LogP contribution in [-0.4, -0.2) is 25.7 Å². The SMILES string of the molecule is Cc1cc(C)c2c(C(=O)NCCOC(F)F)cccc2c1C. The van der Waals surface area contributed by atoms with Crippen LogP contribution in [0.5, 0.6) is 0 Å². The van der Waals surface area contributed by atoms with E-state index in [2.05, 4.69) is 10.1 Å². The van der Waals surface area contributed by atoms with Gasteiger partial charge in [0, 0.05) is 12.1 Å². The molecule has 0 radical (unpaired) electrons. The predicted molar refractivity (Wildman–Crippen MR) is 82.4 cm³/mol. The van der Waals surface area contributed by atoms with Crippen LogP contribution in [0.25, 0.3) is 10.8 Å². The number of aryl methyl sites for hydroxylation is 3. The van der Waals surface area contributed by atoms with E-state index in [-0.39, 0.29) is 19.1 Å². The van der Waals surface area contributed by atoms with Gasteiger partial charge in [-0.05, 0) is 54.3 Å². The molecule has 0 atom stereocenters. The first-order chi connectivity index (χ1) is 10.4. The molecule has 0 saturated heterocycles. The van der Waals surface area contributed by atoms with Gasteiger partial charge in [-0.3, -0.25) is 4.79 Å². The summed E-state index contributed by atoms with van der Waals surface area (Å²) in [6.07, 6.45) is 0. The maximum Gasteiger partial charge on any atom is 0.345 e. The molecule has 3 nitrogen and oxygen atoms in total. The van der Waals surface area contributed by atoms with Crippen molar-refractivity contribution in [2.75, 3.05) is 13.2 Å². The molecule has 5 heteroatoms. The number of halogens is 2. The van der Waals surface area contributed by atoms with E-state index in [4.69, 9.17) is 0 Å². The van der Waals surface area contributed by atoms with Gasteiger partial charge in [-0.25, -0.2) is 0 Å². The molecule has 118 valence electrons. The van der Waals surface area contributed by atoms with Crippen molar-refractivity contribution < 1.29 is 18.3 Å². The van der Waals surface area contributed by atoms with Crippen molar-refractivity contribution in [1.82, 2.24) is 5.32 Å². The Morgan fingerprint density at radius 3 is 2.64 bits per heavy atom. The van der Waals surface area contributed by atoms with E-state index < -0.39 is 6.61 Å². The molecular formula is C17H19F2NO2. The van der Waals surface area contributed by atoms with Gasteiger partial charge in [0.1, 0.15) is 0 Å². The maximum atomic E-state index is 12.3. The van der Waals surface area contributed by atoms with Crippen molar-refractivity contribution in [3.8, 4) is 0 Å². The van der Waals surface area contributed by atoms with Gasteiger partial charge < -0.3 is 10.1 Å². The lowest BCUT2D eigenvalue weighted by Gasteiger charge is -2.13. The molecule has 0 bridgehead atoms. The van der Waals surface area contributed by atoms with Crippen LogP contribution in [0.1, 0.15) is 27.0 Å². The molecule has 2 aromatic carbocycles. The van der Waals surface area contributed by atoms with Crippen LogP contribution in [0.4, 0.5) is 8.78 Å². The smallest absolute Gasteiger partial charge is 0.345 e. The highest BCUT2D eigenvalue weighted by Crippen LogP contribution is 2.28. The molecule has 0 aliphatic rings. The Balaban J connectivity index is 2.28. The van der Waals surface area contributed by atoms with E-state index in [1.807, 2.05) is 39.0 Å². The largest absolute Gasteiger partial charge is 0.350 e. The Labute approximate surface area is 128 Å². The first-order valence-electron chi connectivity index (χ1n) is 7.09. The normalized spacial score (nSPS) is 11.2. The third kappa shape index (κ3) is 3.42. The Hall–Kier alpha value is -2.01. The maximum absolute atomic E-state index is 12.3. The van der Waals surface area contributed by atoms with Gasteiger partial charge in [-0.2, -0.15) is 8.78 Å². The summed E-state index contributed by atoms with van der Waals surface area (Å²) < 4.78 is 27.9. The summed E-state index contributed by atoms with van der Waals surface area (Å²) in [6.45, 7) is 3.04.